The largest absolute Gasteiger partial charge is 0.486 e. The summed E-state index contributed by atoms with van der Waals surface area (Å²) in [5.74, 6) is -0.788. The number of nitrogens with zero attached hydrogens (tertiary/aromatic N) is 2. The van der Waals surface area contributed by atoms with Gasteiger partial charge in [0.1, 0.15) is 31.6 Å². The first kappa shape index (κ1) is 30.8. The van der Waals surface area contributed by atoms with Crippen LogP contribution in [0.5, 0.6) is 11.5 Å². The van der Waals surface area contributed by atoms with E-state index in [1.165, 1.54) is 35.2 Å². The molecule has 0 radical (unpaired) electrons. The number of carbonyl (C=O) groups excluding carboxylic acids is 2. The van der Waals surface area contributed by atoms with E-state index in [0.717, 1.165) is 22.0 Å². The van der Waals surface area contributed by atoms with Gasteiger partial charge in [0.2, 0.25) is 11.8 Å². The zero-order valence-corrected chi connectivity index (χ0v) is 24.8. The monoisotopic (exact) mass is 597 g/mol. The van der Waals surface area contributed by atoms with Gasteiger partial charge in [-0.25, -0.2) is 12.8 Å². The van der Waals surface area contributed by atoms with E-state index in [-0.39, 0.29) is 41.4 Å². The lowest BCUT2D eigenvalue weighted by molar-refractivity contribution is -0.139. The third-order valence-corrected chi connectivity index (χ3v) is 8.92. The van der Waals surface area contributed by atoms with Gasteiger partial charge in [0.25, 0.3) is 10.0 Å². The first-order chi connectivity index (χ1) is 20.1. The van der Waals surface area contributed by atoms with Crippen molar-refractivity contribution in [2.24, 2.45) is 0 Å². The van der Waals surface area contributed by atoms with Crippen molar-refractivity contribution in [3.05, 3.63) is 84.2 Å². The number of halogens is 1. The first-order valence-electron chi connectivity index (χ1n) is 13.9. The third kappa shape index (κ3) is 7.39. The minimum absolute atomic E-state index is 0.0966. The van der Waals surface area contributed by atoms with Crippen LogP contribution in [0.3, 0.4) is 0 Å². The van der Waals surface area contributed by atoms with Crippen LogP contribution in [0.15, 0.2) is 77.7 Å². The molecule has 0 saturated carbocycles. The van der Waals surface area contributed by atoms with Crippen molar-refractivity contribution < 1.29 is 31.9 Å². The maximum atomic E-state index is 14.0. The molecule has 1 aliphatic heterocycles. The molecular formula is C31H36FN3O6S. The average molecular weight is 598 g/mol. The van der Waals surface area contributed by atoms with E-state index in [2.05, 4.69) is 5.32 Å². The van der Waals surface area contributed by atoms with Gasteiger partial charge in [-0.15, -0.1) is 0 Å². The summed E-state index contributed by atoms with van der Waals surface area (Å²) in [6, 6.07) is 17.6. The highest BCUT2D eigenvalue weighted by atomic mass is 32.2. The van der Waals surface area contributed by atoms with E-state index in [1.807, 2.05) is 44.2 Å². The van der Waals surface area contributed by atoms with Gasteiger partial charge >= 0.3 is 0 Å². The number of ether oxygens (including phenoxy) is 2. The number of benzene rings is 3. The predicted octanol–water partition coefficient (Wildman–Crippen LogP) is 4.17. The maximum Gasteiger partial charge on any atom is 0.264 e. The normalized spacial score (nSPS) is 14.0. The predicted molar refractivity (Wildman–Crippen MR) is 158 cm³/mol. The number of anilines is 1. The third-order valence-electron chi connectivity index (χ3n) is 7.15. The van der Waals surface area contributed by atoms with Crippen LogP contribution in [0.2, 0.25) is 0 Å². The van der Waals surface area contributed by atoms with Gasteiger partial charge in [0.15, 0.2) is 11.5 Å². The van der Waals surface area contributed by atoms with E-state index in [9.17, 15) is 22.4 Å². The fourth-order valence-electron chi connectivity index (χ4n) is 4.48. The lowest BCUT2D eigenvalue weighted by atomic mass is 10.1. The Morgan fingerprint density at radius 3 is 2.29 bits per heavy atom. The summed E-state index contributed by atoms with van der Waals surface area (Å²) in [6.07, 6.45) is 1.17. The number of carbonyl (C=O) groups is 2. The Morgan fingerprint density at radius 1 is 0.952 bits per heavy atom. The molecule has 1 heterocycles. The Labute approximate surface area is 246 Å². The highest BCUT2D eigenvalue weighted by Gasteiger charge is 2.33. The van der Waals surface area contributed by atoms with Crippen LogP contribution >= 0.6 is 0 Å². The van der Waals surface area contributed by atoms with Crippen LogP contribution in [-0.2, 0) is 26.0 Å². The van der Waals surface area contributed by atoms with E-state index < -0.39 is 34.3 Å². The van der Waals surface area contributed by atoms with Crippen molar-refractivity contribution in [1.29, 1.82) is 0 Å². The summed E-state index contributed by atoms with van der Waals surface area (Å²) in [6.45, 7) is 5.62. The van der Waals surface area contributed by atoms with Crippen molar-refractivity contribution in [3.63, 3.8) is 0 Å². The highest BCUT2D eigenvalue weighted by molar-refractivity contribution is 7.92. The van der Waals surface area contributed by atoms with Gasteiger partial charge in [-0.2, -0.15) is 0 Å². The number of hydrogen-bond donors (Lipinski definition) is 1. The van der Waals surface area contributed by atoms with Crippen molar-refractivity contribution in [1.82, 2.24) is 10.2 Å². The molecule has 0 fully saturated rings. The smallest absolute Gasteiger partial charge is 0.264 e. The molecule has 0 bridgehead atoms. The number of hydrogen-bond acceptors (Lipinski definition) is 6. The summed E-state index contributed by atoms with van der Waals surface area (Å²) in [7, 11) is -4.34. The lowest BCUT2D eigenvalue weighted by Crippen LogP contribution is -2.53. The van der Waals surface area contributed by atoms with Crippen LogP contribution < -0.4 is 19.1 Å². The Balaban J connectivity index is 1.67. The fraction of sp³-hybridized carbons (Fsp3) is 0.355. The van der Waals surface area contributed by atoms with E-state index in [4.69, 9.17) is 9.47 Å². The molecule has 3 aromatic rings. The van der Waals surface area contributed by atoms with Gasteiger partial charge in [0, 0.05) is 18.7 Å². The van der Waals surface area contributed by atoms with Crippen molar-refractivity contribution in [2.75, 3.05) is 30.6 Å². The molecule has 4 rings (SSSR count). The molecule has 0 unspecified atom stereocenters. The molecule has 0 aromatic heterocycles. The number of fused-ring (bicyclic) bond motifs is 1. The molecule has 1 N–H and O–H groups in total. The Kier molecular flexibility index (Phi) is 10.1. The van der Waals surface area contributed by atoms with Crippen LogP contribution in [0.1, 0.15) is 32.8 Å². The van der Waals surface area contributed by atoms with E-state index >= 15 is 0 Å². The molecule has 2 atom stereocenters. The maximum absolute atomic E-state index is 14.0. The number of nitrogens with one attached hydrogen (secondary N) is 1. The average Bonchev–Trinajstić information content (AvgIpc) is 3.00. The Morgan fingerprint density at radius 2 is 1.62 bits per heavy atom. The minimum Gasteiger partial charge on any atom is -0.486 e. The molecule has 11 heteroatoms. The second kappa shape index (κ2) is 13.7. The second-order valence-electron chi connectivity index (χ2n) is 10.1. The fourth-order valence-corrected chi connectivity index (χ4v) is 5.91. The quantitative estimate of drug-likeness (QED) is 0.336. The highest BCUT2D eigenvalue weighted by Crippen LogP contribution is 2.34. The SMILES string of the molecule is CC[C@H](C)NC(=O)[C@@H](C)N(CCc1ccccc1)C(=O)CN(c1ccc(F)cc1)S(=O)(=O)c1ccc2c(c1)OCCO2. The van der Waals surface area contributed by atoms with Crippen molar-refractivity contribution >= 4 is 27.5 Å². The zero-order chi connectivity index (χ0) is 30.3. The zero-order valence-electron chi connectivity index (χ0n) is 24.0. The molecule has 42 heavy (non-hydrogen) atoms. The van der Waals surface area contributed by atoms with Crippen molar-refractivity contribution in [2.45, 2.75) is 50.6 Å². The first-order valence-corrected chi connectivity index (χ1v) is 15.4. The van der Waals surface area contributed by atoms with Gasteiger partial charge in [-0.3, -0.25) is 13.9 Å². The number of amides is 2. The molecular weight excluding hydrogens is 561 g/mol. The molecule has 0 aliphatic carbocycles. The summed E-state index contributed by atoms with van der Waals surface area (Å²) in [5.41, 5.74) is 1.06. The van der Waals surface area contributed by atoms with Gasteiger partial charge in [0.05, 0.1) is 10.6 Å². The lowest BCUT2D eigenvalue weighted by Gasteiger charge is -2.32. The summed E-state index contributed by atoms with van der Waals surface area (Å²) in [5, 5.41) is 2.91. The summed E-state index contributed by atoms with van der Waals surface area (Å²) >= 11 is 0. The second-order valence-corrected chi connectivity index (χ2v) is 12.0. The molecule has 0 spiro atoms. The van der Waals surface area contributed by atoms with Gasteiger partial charge in [-0.05, 0) is 68.7 Å². The molecule has 3 aromatic carbocycles. The van der Waals surface area contributed by atoms with Crippen LogP contribution in [0.25, 0.3) is 0 Å². The molecule has 0 saturated heterocycles. The van der Waals surface area contributed by atoms with Gasteiger partial charge in [-0.1, -0.05) is 37.3 Å². The van der Waals surface area contributed by atoms with Crippen molar-refractivity contribution in [3.8, 4) is 11.5 Å². The molecule has 1 aliphatic rings. The topological polar surface area (TPSA) is 105 Å². The van der Waals surface area contributed by atoms with E-state index in [1.54, 1.807) is 6.92 Å². The minimum atomic E-state index is -4.34. The summed E-state index contributed by atoms with van der Waals surface area (Å²) < 4.78 is 53.9. The molecule has 2 amide bonds. The van der Waals surface area contributed by atoms with E-state index in [0.29, 0.717) is 25.2 Å². The van der Waals surface area contributed by atoms with Gasteiger partial charge < -0.3 is 19.7 Å². The van der Waals surface area contributed by atoms with Crippen LogP contribution in [0.4, 0.5) is 10.1 Å². The van der Waals surface area contributed by atoms with Crippen LogP contribution in [-0.4, -0.2) is 63.5 Å². The number of rotatable bonds is 12. The molecule has 224 valence electrons. The van der Waals surface area contributed by atoms with Crippen LogP contribution in [0, 0.1) is 5.82 Å². The number of sulfonamides is 1. The Bertz CT molecular complexity index is 1480. The Hall–Kier alpha value is -4.12. The molecule has 9 nitrogen and oxygen atoms in total. The standard InChI is InChI=1S/C31H36FN3O6S/c1-4-22(2)33-31(37)23(3)34(17-16-24-8-6-5-7-9-24)30(36)21-35(26-12-10-25(32)11-13-26)42(38,39)27-14-15-28-29(20-27)41-19-18-40-28/h5-15,20,22-23H,4,16-19,21H2,1-3H3,(H,33,37)/t22-,23+/m0/s1. The summed E-state index contributed by atoms with van der Waals surface area (Å²) in [4.78, 5) is 28.3.